The van der Waals surface area contributed by atoms with Gasteiger partial charge in [-0.05, 0) is 38.5 Å². The van der Waals surface area contributed by atoms with Crippen molar-refractivity contribution >= 4 is 11.9 Å². The third-order valence-electron chi connectivity index (χ3n) is 7.31. The number of hydrogen-bond acceptors (Lipinski definition) is 5. The molecule has 0 rings (SSSR count). The summed E-state index contributed by atoms with van der Waals surface area (Å²) in [5.41, 5.74) is 0. The van der Waals surface area contributed by atoms with Crippen molar-refractivity contribution in [3.63, 3.8) is 0 Å². The molecule has 0 bridgehead atoms. The Labute approximate surface area is 241 Å². The van der Waals surface area contributed by atoms with Gasteiger partial charge in [0.1, 0.15) is 6.61 Å². The van der Waals surface area contributed by atoms with Crippen LogP contribution in [0.2, 0.25) is 0 Å². The number of carbonyl (C=O) groups is 2. The fraction of sp³-hybridized carbons (Fsp3) is 0.882. The Morgan fingerprint density at radius 3 is 1.38 bits per heavy atom. The number of hydrogen-bond donors (Lipinski definition) is 1. The van der Waals surface area contributed by atoms with Crippen molar-refractivity contribution < 1.29 is 24.2 Å². The first-order valence-electron chi connectivity index (χ1n) is 16.7. The smallest absolute Gasteiger partial charge is 0.306 e. The molecule has 0 saturated heterocycles. The second-order valence-electron chi connectivity index (χ2n) is 11.2. The van der Waals surface area contributed by atoms with E-state index in [1.807, 2.05) is 0 Å². The molecule has 0 aromatic rings. The van der Waals surface area contributed by atoms with E-state index in [-0.39, 0.29) is 25.2 Å². The monoisotopic (exact) mass is 552 g/mol. The Morgan fingerprint density at radius 1 is 0.564 bits per heavy atom. The average Bonchev–Trinajstić information content (AvgIpc) is 2.94. The van der Waals surface area contributed by atoms with Crippen molar-refractivity contribution in [3.05, 3.63) is 12.2 Å². The lowest BCUT2D eigenvalue weighted by Gasteiger charge is -2.15. The van der Waals surface area contributed by atoms with E-state index in [1.165, 1.54) is 103 Å². The van der Waals surface area contributed by atoms with Crippen LogP contribution in [-0.4, -0.2) is 36.4 Å². The minimum Gasteiger partial charge on any atom is -0.462 e. The van der Waals surface area contributed by atoms with Crippen LogP contribution in [0.25, 0.3) is 0 Å². The standard InChI is InChI=1S/C34H64O5/c1-3-5-7-9-11-13-14-15-16-17-18-19-21-23-25-27-29-34(37)39-32(30-35)31-38-33(36)28-26-24-22-20-12-10-8-6-4-2/h16-17,32,35H,3-15,18-31H2,1-2H3/b17-16-. The lowest BCUT2D eigenvalue weighted by Crippen LogP contribution is -2.28. The minimum atomic E-state index is -0.766. The molecular weight excluding hydrogens is 488 g/mol. The minimum absolute atomic E-state index is 0.0645. The van der Waals surface area contributed by atoms with Gasteiger partial charge in [-0.25, -0.2) is 0 Å². The SMILES string of the molecule is CCCCCCCCC/C=C\CCCCCCCC(=O)OC(CO)COC(=O)CCCCCCCCCCC. The Bertz CT molecular complexity index is 560. The zero-order chi connectivity index (χ0) is 28.7. The van der Waals surface area contributed by atoms with Gasteiger partial charge in [-0.3, -0.25) is 9.59 Å². The molecule has 0 aliphatic rings. The van der Waals surface area contributed by atoms with E-state index in [0.717, 1.165) is 44.9 Å². The molecular formula is C34H64O5. The Kier molecular flexibility index (Phi) is 30.1. The maximum atomic E-state index is 12.1. The van der Waals surface area contributed by atoms with Gasteiger partial charge in [-0.1, -0.05) is 135 Å². The second-order valence-corrected chi connectivity index (χ2v) is 11.2. The fourth-order valence-electron chi connectivity index (χ4n) is 4.72. The average molecular weight is 553 g/mol. The summed E-state index contributed by atoms with van der Waals surface area (Å²) in [5.74, 6) is -0.600. The maximum Gasteiger partial charge on any atom is 0.306 e. The van der Waals surface area contributed by atoms with E-state index < -0.39 is 6.10 Å². The first-order chi connectivity index (χ1) is 19.1. The molecule has 5 heteroatoms. The molecule has 0 aromatic heterocycles. The molecule has 0 amide bonds. The number of rotatable bonds is 30. The third kappa shape index (κ3) is 29.4. The third-order valence-corrected chi connectivity index (χ3v) is 7.31. The van der Waals surface area contributed by atoms with Crippen LogP contribution in [0.15, 0.2) is 12.2 Å². The summed E-state index contributed by atoms with van der Waals surface area (Å²) < 4.78 is 10.5. The molecule has 5 nitrogen and oxygen atoms in total. The van der Waals surface area contributed by atoms with Gasteiger partial charge in [0, 0.05) is 12.8 Å². The van der Waals surface area contributed by atoms with Crippen LogP contribution in [0.5, 0.6) is 0 Å². The predicted molar refractivity (Wildman–Crippen MR) is 164 cm³/mol. The fourth-order valence-corrected chi connectivity index (χ4v) is 4.72. The number of aliphatic hydroxyl groups excluding tert-OH is 1. The molecule has 0 spiro atoms. The van der Waals surface area contributed by atoms with Gasteiger partial charge in [0.25, 0.3) is 0 Å². The molecule has 0 saturated carbocycles. The van der Waals surface area contributed by atoms with Crippen molar-refractivity contribution in [2.24, 2.45) is 0 Å². The number of ether oxygens (including phenoxy) is 2. The van der Waals surface area contributed by atoms with Crippen LogP contribution >= 0.6 is 0 Å². The summed E-state index contributed by atoms with van der Waals surface area (Å²) in [6.45, 7) is 4.10. The topological polar surface area (TPSA) is 72.8 Å². The second kappa shape index (κ2) is 31.2. The quantitative estimate of drug-likeness (QED) is 0.0545. The highest BCUT2D eigenvalue weighted by molar-refractivity contribution is 5.70. The summed E-state index contributed by atoms with van der Waals surface area (Å²) in [5, 5.41) is 9.48. The van der Waals surface area contributed by atoms with E-state index in [0.29, 0.717) is 12.8 Å². The van der Waals surface area contributed by atoms with Gasteiger partial charge in [-0.2, -0.15) is 0 Å². The lowest BCUT2D eigenvalue weighted by atomic mass is 10.1. The lowest BCUT2D eigenvalue weighted by molar-refractivity contribution is -0.161. The number of esters is 2. The van der Waals surface area contributed by atoms with Crippen LogP contribution in [0.4, 0.5) is 0 Å². The van der Waals surface area contributed by atoms with Gasteiger partial charge in [0.15, 0.2) is 6.10 Å². The van der Waals surface area contributed by atoms with Crippen LogP contribution in [0.3, 0.4) is 0 Å². The number of aliphatic hydroxyl groups is 1. The largest absolute Gasteiger partial charge is 0.462 e. The van der Waals surface area contributed by atoms with Crippen LogP contribution < -0.4 is 0 Å². The Hall–Kier alpha value is -1.36. The molecule has 0 fully saturated rings. The zero-order valence-corrected chi connectivity index (χ0v) is 25.9. The van der Waals surface area contributed by atoms with Gasteiger partial charge in [-0.15, -0.1) is 0 Å². The van der Waals surface area contributed by atoms with Crippen molar-refractivity contribution in [2.75, 3.05) is 13.2 Å². The summed E-state index contributed by atoms with van der Waals surface area (Å²) >= 11 is 0. The van der Waals surface area contributed by atoms with E-state index in [9.17, 15) is 14.7 Å². The molecule has 0 aliphatic carbocycles. The maximum absolute atomic E-state index is 12.1. The van der Waals surface area contributed by atoms with Gasteiger partial charge >= 0.3 is 11.9 Å². The zero-order valence-electron chi connectivity index (χ0n) is 25.9. The summed E-state index contributed by atoms with van der Waals surface area (Å²) in [6, 6.07) is 0. The van der Waals surface area contributed by atoms with Crippen molar-refractivity contribution in [1.29, 1.82) is 0 Å². The van der Waals surface area contributed by atoms with Crippen LogP contribution in [-0.2, 0) is 19.1 Å². The molecule has 1 atom stereocenters. The molecule has 39 heavy (non-hydrogen) atoms. The predicted octanol–water partition coefficient (Wildman–Crippen LogP) is 9.78. The first kappa shape index (κ1) is 37.6. The molecule has 1 N–H and O–H groups in total. The Morgan fingerprint density at radius 2 is 0.949 bits per heavy atom. The summed E-state index contributed by atoms with van der Waals surface area (Å²) in [7, 11) is 0. The van der Waals surface area contributed by atoms with Crippen LogP contribution in [0.1, 0.15) is 174 Å². The highest BCUT2D eigenvalue weighted by atomic mass is 16.6. The normalized spacial score (nSPS) is 12.2. The molecule has 1 unspecified atom stereocenters. The molecule has 0 aromatic carbocycles. The van der Waals surface area contributed by atoms with E-state index >= 15 is 0 Å². The molecule has 0 radical (unpaired) electrons. The van der Waals surface area contributed by atoms with Gasteiger partial charge in [0.2, 0.25) is 0 Å². The molecule has 0 aliphatic heterocycles. The highest BCUT2D eigenvalue weighted by Gasteiger charge is 2.16. The molecule has 230 valence electrons. The first-order valence-corrected chi connectivity index (χ1v) is 16.7. The van der Waals surface area contributed by atoms with E-state index in [1.54, 1.807) is 0 Å². The highest BCUT2D eigenvalue weighted by Crippen LogP contribution is 2.13. The number of unbranched alkanes of at least 4 members (excludes halogenated alkanes) is 20. The van der Waals surface area contributed by atoms with Crippen molar-refractivity contribution in [3.8, 4) is 0 Å². The van der Waals surface area contributed by atoms with Crippen LogP contribution in [0, 0.1) is 0 Å². The van der Waals surface area contributed by atoms with Gasteiger partial charge < -0.3 is 14.6 Å². The summed E-state index contributed by atoms with van der Waals surface area (Å²) in [6.07, 6.45) is 32.7. The number of carbonyl (C=O) groups excluding carboxylic acids is 2. The van der Waals surface area contributed by atoms with E-state index in [2.05, 4.69) is 26.0 Å². The van der Waals surface area contributed by atoms with Crippen molar-refractivity contribution in [2.45, 2.75) is 180 Å². The van der Waals surface area contributed by atoms with E-state index in [4.69, 9.17) is 9.47 Å². The Balaban J connectivity index is 3.57. The van der Waals surface area contributed by atoms with Gasteiger partial charge in [0.05, 0.1) is 6.61 Å². The van der Waals surface area contributed by atoms with Crippen molar-refractivity contribution in [1.82, 2.24) is 0 Å². The molecule has 0 heterocycles. The summed E-state index contributed by atoms with van der Waals surface area (Å²) in [4.78, 5) is 24.0. The number of allylic oxidation sites excluding steroid dienone is 2.